The lowest BCUT2D eigenvalue weighted by atomic mass is 10.2. The SMILES string of the molecule is CNS(=O)(=O)c1ccc(CNC(=O)c2cnccn2)cc1. The van der Waals surface area contributed by atoms with Gasteiger partial charge in [-0.1, -0.05) is 12.1 Å². The highest BCUT2D eigenvalue weighted by Gasteiger charge is 2.11. The van der Waals surface area contributed by atoms with Gasteiger partial charge in [0, 0.05) is 18.9 Å². The highest BCUT2D eigenvalue weighted by molar-refractivity contribution is 7.89. The van der Waals surface area contributed by atoms with Crippen LogP contribution in [0.3, 0.4) is 0 Å². The molecule has 0 radical (unpaired) electrons. The van der Waals surface area contributed by atoms with Crippen LogP contribution in [0.4, 0.5) is 0 Å². The van der Waals surface area contributed by atoms with Crippen molar-refractivity contribution in [2.24, 2.45) is 0 Å². The minimum Gasteiger partial charge on any atom is -0.347 e. The third kappa shape index (κ3) is 3.83. The average molecular weight is 306 g/mol. The van der Waals surface area contributed by atoms with Crippen LogP contribution < -0.4 is 10.0 Å². The summed E-state index contributed by atoms with van der Waals surface area (Å²) in [5, 5.41) is 2.68. The first-order chi connectivity index (χ1) is 10.0. The molecule has 2 N–H and O–H groups in total. The monoisotopic (exact) mass is 306 g/mol. The van der Waals surface area contributed by atoms with E-state index in [2.05, 4.69) is 20.0 Å². The Bertz CT molecular complexity index is 715. The zero-order valence-electron chi connectivity index (χ0n) is 11.3. The Morgan fingerprint density at radius 1 is 1.19 bits per heavy atom. The van der Waals surface area contributed by atoms with Crippen LogP contribution in [0.5, 0.6) is 0 Å². The summed E-state index contributed by atoms with van der Waals surface area (Å²) in [6.45, 7) is 0.273. The van der Waals surface area contributed by atoms with Crippen LogP contribution in [0.25, 0.3) is 0 Å². The minimum atomic E-state index is -3.44. The molecule has 0 unspecified atom stereocenters. The lowest BCUT2D eigenvalue weighted by Crippen LogP contribution is -2.24. The van der Waals surface area contributed by atoms with Crippen LogP contribution >= 0.6 is 0 Å². The van der Waals surface area contributed by atoms with Gasteiger partial charge in [-0.2, -0.15) is 0 Å². The van der Waals surface area contributed by atoms with Crippen LogP contribution in [-0.4, -0.2) is 31.3 Å². The summed E-state index contributed by atoms with van der Waals surface area (Å²) in [6, 6.07) is 6.24. The second-order valence-corrected chi connectivity index (χ2v) is 6.01. The van der Waals surface area contributed by atoms with Gasteiger partial charge in [0.05, 0.1) is 11.1 Å². The normalized spacial score (nSPS) is 11.1. The van der Waals surface area contributed by atoms with Crippen LogP contribution in [0.15, 0.2) is 47.8 Å². The maximum absolute atomic E-state index is 11.8. The number of aromatic nitrogens is 2. The summed E-state index contributed by atoms with van der Waals surface area (Å²) in [5.41, 5.74) is 1.01. The number of carbonyl (C=O) groups is 1. The standard InChI is InChI=1S/C13H14N4O3S/c1-14-21(19,20)11-4-2-10(3-5-11)8-17-13(18)12-9-15-6-7-16-12/h2-7,9,14H,8H2,1H3,(H,17,18). The Morgan fingerprint density at radius 2 is 1.90 bits per heavy atom. The molecule has 1 aromatic heterocycles. The quantitative estimate of drug-likeness (QED) is 0.828. The van der Waals surface area contributed by atoms with E-state index in [0.717, 1.165) is 5.56 Å². The van der Waals surface area contributed by atoms with Gasteiger partial charge in [0.2, 0.25) is 10.0 Å². The van der Waals surface area contributed by atoms with Crippen molar-refractivity contribution < 1.29 is 13.2 Å². The fourth-order valence-electron chi connectivity index (χ4n) is 1.59. The molecule has 21 heavy (non-hydrogen) atoms. The Balaban J connectivity index is 2.00. The van der Waals surface area contributed by atoms with E-state index in [9.17, 15) is 13.2 Å². The molecule has 1 heterocycles. The highest BCUT2D eigenvalue weighted by Crippen LogP contribution is 2.10. The molecule has 0 saturated heterocycles. The van der Waals surface area contributed by atoms with Gasteiger partial charge in [-0.05, 0) is 24.7 Å². The molecule has 0 fully saturated rings. The molecule has 0 aliphatic carbocycles. The largest absolute Gasteiger partial charge is 0.347 e. The molecule has 7 nitrogen and oxygen atoms in total. The molecule has 0 spiro atoms. The summed E-state index contributed by atoms with van der Waals surface area (Å²) in [6.07, 6.45) is 4.29. The van der Waals surface area contributed by atoms with Crippen molar-refractivity contribution >= 4 is 15.9 Å². The molecule has 110 valence electrons. The number of nitrogens with zero attached hydrogens (tertiary/aromatic N) is 2. The van der Waals surface area contributed by atoms with E-state index in [4.69, 9.17) is 0 Å². The van der Waals surface area contributed by atoms with Crippen molar-refractivity contribution in [1.82, 2.24) is 20.0 Å². The first kappa shape index (κ1) is 15.1. The third-order valence-electron chi connectivity index (χ3n) is 2.75. The van der Waals surface area contributed by atoms with Crippen LogP contribution in [0.1, 0.15) is 16.1 Å². The van der Waals surface area contributed by atoms with Gasteiger partial charge in [-0.25, -0.2) is 18.1 Å². The topological polar surface area (TPSA) is 101 Å². The summed E-state index contributed by atoms with van der Waals surface area (Å²) in [4.78, 5) is 19.6. The molecule has 8 heteroatoms. The Kier molecular flexibility index (Phi) is 4.61. The van der Waals surface area contributed by atoms with Crippen LogP contribution in [-0.2, 0) is 16.6 Å². The lowest BCUT2D eigenvalue weighted by Gasteiger charge is -2.06. The van der Waals surface area contributed by atoms with Crippen molar-refractivity contribution in [3.8, 4) is 0 Å². The van der Waals surface area contributed by atoms with E-state index < -0.39 is 10.0 Å². The molecule has 1 amide bonds. The highest BCUT2D eigenvalue weighted by atomic mass is 32.2. The molecular weight excluding hydrogens is 292 g/mol. The van der Waals surface area contributed by atoms with Gasteiger partial charge in [-0.15, -0.1) is 0 Å². The summed E-state index contributed by atoms with van der Waals surface area (Å²) in [7, 11) is -2.09. The van der Waals surface area contributed by atoms with Gasteiger partial charge in [0.15, 0.2) is 0 Å². The van der Waals surface area contributed by atoms with E-state index in [1.807, 2.05) is 0 Å². The molecule has 0 bridgehead atoms. The van der Waals surface area contributed by atoms with Crippen molar-refractivity contribution in [2.45, 2.75) is 11.4 Å². The second kappa shape index (κ2) is 6.42. The lowest BCUT2D eigenvalue weighted by molar-refractivity contribution is 0.0945. The summed E-state index contributed by atoms with van der Waals surface area (Å²) < 4.78 is 25.4. The molecule has 2 rings (SSSR count). The van der Waals surface area contributed by atoms with E-state index in [-0.39, 0.29) is 23.0 Å². The van der Waals surface area contributed by atoms with Crippen LogP contribution in [0, 0.1) is 0 Å². The molecule has 1 aromatic carbocycles. The van der Waals surface area contributed by atoms with Crippen molar-refractivity contribution in [3.05, 3.63) is 54.1 Å². The Labute approximate surface area is 122 Å². The first-order valence-electron chi connectivity index (χ1n) is 6.09. The van der Waals surface area contributed by atoms with Crippen LogP contribution in [0.2, 0.25) is 0 Å². The second-order valence-electron chi connectivity index (χ2n) is 4.12. The number of benzene rings is 1. The summed E-state index contributed by atoms with van der Waals surface area (Å²) in [5.74, 6) is -0.338. The van der Waals surface area contributed by atoms with Crippen molar-refractivity contribution in [3.63, 3.8) is 0 Å². The van der Waals surface area contributed by atoms with Crippen molar-refractivity contribution in [2.75, 3.05) is 7.05 Å². The fraction of sp³-hybridized carbons (Fsp3) is 0.154. The number of hydrogen-bond acceptors (Lipinski definition) is 5. The molecule has 0 aliphatic heterocycles. The van der Waals surface area contributed by atoms with Gasteiger partial charge in [0.1, 0.15) is 5.69 Å². The molecule has 0 aliphatic rings. The number of nitrogens with one attached hydrogen (secondary N) is 2. The van der Waals surface area contributed by atoms with E-state index in [0.29, 0.717) is 0 Å². The number of amides is 1. The van der Waals surface area contributed by atoms with Gasteiger partial charge in [0.25, 0.3) is 5.91 Å². The maximum atomic E-state index is 11.8. The molecule has 2 aromatic rings. The van der Waals surface area contributed by atoms with Gasteiger partial charge >= 0.3 is 0 Å². The number of sulfonamides is 1. The smallest absolute Gasteiger partial charge is 0.271 e. The predicted octanol–water partition coefficient (Wildman–Crippen LogP) is 0.315. The number of hydrogen-bond donors (Lipinski definition) is 2. The average Bonchev–Trinajstić information content (AvgIpc) is 2.54. The van der Waals surface area contributed by atoms with E-state index in [1.165, 1.54) is 37.8 Å². The molecule has 0 saturated carbocycles. The zero-order chi connectivity index (χ0) is 15.3. The van der Waals surface area contributed by atoms with E-state index in [1.54, 1.807) is 12.1 Å². The maximum Gasteiger partial charge on any atom is 0.271 e. The minimum absolute atomic E-state index is 0.175. The van der Waals surface area contributed by atoms with Crippen molar-refractivity contribution in [1.29, 1.82) is 0 Å². The fourth-order valence-corrected chi connectivity index (χ4v) is 2.32. The third-order valence-corrected chi connectivity index (χ3v) is 4.18. The molecular formula is C13H14N4O3S. The molecule has 0 atom stereocenters. The van der Waals surface area contributed by atoms with Gasteiger partial charge < -0.3 is 5.32 Å². The summed E-state index contributed by atoms with van der Waals surface area (Å²) >= 11 is 0. The first-order valence-corrected chi connectivity index (χ1v) is 7.58. The zero-order valence-corrected chi connectivity index (χ0v) is 12.1. The van der Waals surface area contributed by atoms with Gasteiger partial charge in [-0.3, -0.25) is 9.78 Å². The predicted molar refractivity (Wildman–Crippen MR) is 75.9 cm³/mol. The Hall–Kier alpha value is -2.32. The number of carbonyl (C=O) groups excluding carboxylic acids is 1. The Morgan fingerprint density at radius 3 is 2.48 bits per heavy atom. The van der Waals surface area contributed by atoms with E-state index >= 15 is 0 Å². The number of rotatable bonds is 5.